The summed E-state index contributed by atoms with van der Waals surface area (Å²) in [5.74, 6) is 0.934. The molecule has 0 aliphatic rings. The SMILES string of the molecule is CCOC(=O)CCCNc1cc(N)nc(SC)n1. The van der Waals surface area contributed by atoms with Gasteiger partial charge >= 0.3 is 5.97 Å². The smallest absolute Gasteiger partial charge is 0.305 e. The highest BCUT2D eigenvalue weighted by Crippen LogP contribution is 2.15. The predicted molar refractivity (Wildman–Crippen MR) is 72.6 cm³/mol. The molecule has 0 saturated carbocycles. The lowest BCUT2D eigenvalue weighted by atomic mass is 10.3. The first-order chi connectivity index (χ1) is 8.65. The number of thioether (sulfide) groups is 1. The summed E-state index contributed by atoms with van der Waals surface area (Å²) in [7, 11) is 0. The number of aromatic nitrogens is 2. The van der Waals surface area contributed by atoms with Crippen molar-refractivity contribution in [1.82, 2.24) is 9.97 Å². The van der Waals surface area contributed by atoms with Crippen molar-refractivity contribution in [3.63, 3.8) is 0 Å². The van der Waals surface area contributed by atoms with Crippen molar-refractivity contribution in [2.24, 2.45) is 0 Å². The fraction of sp³-hybridized carbons (Fsp3) is 0.545. The van der Waals surface area contributed by atoms with Crippen LogP contribution in [-0.2, 0) is 9.53 Å². The number of rotatable bonds is 7. The molecule has 0 aliphatic heterocycles. The number of nitrogen functional groups attached to an aromatic ring is 1. The van der Waals surface area contributed by atoms with Crippen LogP contribution in [0.4, 0.5) is 11.6 Å². The first-order valence-electron chi connectivity index (χ1n) is 5.73. The molecule has 7 heteroatoms. The van der Waals surface area contributed by atoms with Crippen LogP contribution in [0.2, 0.25) is 0 Å². The number of carbonyl (C=O) groups is 1. The highest BCUT2D eigenvalue weighted by Gasteiger charge is 2.03. The topological polar surface area (TPSA) is 90.1 Å². The summed E-state index contributed by atoms with van der Waals surface area (Å²) in [5, 5.41) is 3.73. The number of nitrogens with two attached hydrogens (primary N) is 1. The molecular formula is C11H18N4O2S. The molecule has 1 aromatic heterocycles. The van der Waals surface area contributed by atoms with E-state index in [9.17, 15) is 4.79 Å². The molecule has 0 radical (unpaired) electrons. The maximum absolute atomic E-state index is 11.1. The Labute approximate surface area is 111 Å². The average Bonchev–Trinajstić information content (AvgIpc) is 2.34. The second-order valence-electron chi connectivity index (χ2n) is 3.50. The zero-order valence-corrected chi connectivity index (χ0v) is 11.4. The molecular weight excluding hydrogens is 252 g/mol. The molecule has 1 heterocycles. The lowest BCUT2D eigenvalue weighted by molar-refractivity contribution is -0.143. The lowest BCUT2D eigenvalue weighted by Gasteiger charge is -2.07. The van der Waals surface area contributed by atoms with Crippen LogP contribution in [0.3, 0.4) is 0 Å². The van der Waals surface area contributed by atoms with Crippen LogP contribution in [0, 0.1) is 0 Å². The maximum atomic E-state index is 11.1. The molecule has 0 aromatic carbocycles. The molecule has 6 nitrogen and oxygen atoms in total. The van der Waals surface area contributed by atoms with Crippen molar-refractivity contribution in [3.05, 3.63) is 6.07 Å². The number of nitrogens with one attached hydrogen (secondary N) is 1. The van der Waals surface area contributed by atoms with E-state index in [-0.39, 0.29) is 5.97 Å². The Morgan fingerprint density at radius 1 is 1.56 bits per heavy atom. The average molecular weight is 270 g/mol. The predicted octanol–water partition coefficient (Wildman–Crippen LogP) is 1.54. The van der Waals surface area contributed by atoms with Gasteiger partial charge in [-0.3, -0.25) is 4.79 Å². The van der Waals surface area contributed by atoms with Gasteiger partial charge in [0.15, 0.2) is 5.16 Å². The Balaban J connectivity index is 2.35. The van der Waals surface area contributed by atoms with Crippen LogP contribution in [0.15, 0.2) is 11.2 Å². The first kappa shape index (κ1) is 14.6. The van der Waals surface area contributed by atoms with Gasteiger partial charge in [0, 0.05) is 19.0 Å². The molecule has 0 bridgehead atoms. The molecule has 0 fully saturated rings. The number of carbonyl (C=O) groups excluding carboxylic acids is 1. The van der Waals surface area contributed by atoms with Crippen molar-refractivity contribution in [2.45, 2.75) is 24.9 Å². The third kappa shape index (κ3) is 5.22. The number of ether oxygens (including phenoxy) is 1. The van der Waals surface area contributed by atoms with E-state index in [4.69, 9.17) is 10.5 Å². The molecule has 1 rings (SSSR count). The van der Waals surface area contributed by atoms with Crippen molar-refractivity contribution in [1.29, 1.82) is 0 Å². The largest absolute Gasteiger partial charge is 0.466 e. The fourth-order valence-corrected chi connectivity index (χ4v) is 1.69. The van der Waals surface area contributed by atoms with Crippen LogP contribution in [0.5, 0.6) is 0 Å². The van der Waals surface area contributed by atoms with Crippen LogP contribution in [0.25, 0.3) is 0 Å². The minimum atomic E-state index is -0.175. The Bertz CT molecular complexity index is 401. The number of hydrogen-bond acceptors (Lipinski definition) is 7. The third-order valence-electron chi connectivity index (χ3n) is 2.08. The second-order valence-corrected chi connectivity index (χ2v) is 4.27. The molecule has 100 valence electrons. The van der Waals surface area contributed by atoms with E-state index in [2.05, 4.69) is 15.3 Å². The highest BCUT2D eigenvalue weighted by molar-refractivity contribution is 7.98. The molecule has 0 aliphatic carbocycles. The monoisotopic (exact) mass is 270 g/mol. The van der Waals surface area contributed by atoms with Gasteiger partial charge in [-0.1, -0.05) is 11.8 Å². The van der Waals surface area contributed by atoms with E-state index in [0.29, 0.717) is 42.8 Å². The van der Waals surface area contributed by atoms with E-state index in [1.54, 1.807) is 13.0 Å². The Morgan fingerprint density at radius 2 is 2.33 bits per heavy atom. The zero-order valence-electron chi connectivity index (χ0n) is 10.6. The fourth-order valence-electron chi connectivity index (χ4n) is 1.31. The summed E-state index contributed by atoms with van der Waals surface area (Å²) in [4.78, 5) is 19.4. The molecule has 1 aromatic rings. The highest BCUT2D eigenvalue weighted by atomic mass is 32.2. The van der Waals surface area contributed by atoms with E-state index < -0.39 is 0 Å². The van der Waals surface area contributed by atoms with Gasteiger partial charge in [0.05, 0.1) is 6.61 Å². The molecule has 18 heavy (non-hydrogen) atoms. The standard InChI is InChI=1S/C11H18N4O2S/c1-3-17-10(16)5-4-6-13-9-7-8(12)14-11(15-9)18-2/h7H,3-6H2,1-2H3,(H3,12,13,14,15). The second kappa shape index (κ2) is 7.75. The molecule has 3 N–H and O–H groups in total. The Kier molecular flexibility index (Phi) is 6.27. The minimum Gasteiger partial charge on any atom is -0.466 e. The summed E-state index contributed by atoms with van der Waals surface area (Å²) in [5.41, 5.74) is 5.65. The van der Waals surface area contributed by atoms with E-state index in [1.165, 1.54) is 11.8 Å². The van der Waals surface area contributed by atoms with Gasteiger partial charge in [0.25, 0.3) is 0 Å². The van der Waals surface area contributed by atoms with Crippen LogP contribution in [0.1, 0.15) is 19.8 Å². The van der Waals surface area contributed by atoms with Crippen molar-refractivity contribution >= 4 is 29.4 Å². The first-order valence-corrected chi connectivity index (χ1v) is 6.96. The summed E-state index contributed by atoms with van der Waals surface area (Å²) in [6.45, 7) is 2.86. The summed E-state index contributed by atoms with van der Waals surface area (Å²) >= 11 is 1.43. The van der Waals surface area contributed by atoms with Gasteiger partial charge in [-0.25, -0.2) is 9.97 Å². The van der Waals surface area contributed by atoms with Gasteiger partial charge < -0.3 is 15.8 Å². The quantitative estimate of drug-likeness (QED) is 0.336. The zero-order chi connectivity index (χ0) is 13.4. The Morgan fingerprint density at radius 3 is 3.00 bits per heavy atom. The van der Waals surface area contributed by atoms with Crippen molar-refractivity contribution < 1.29 is 9.53 Å². The normalized spacial score (nSPS) is 10.1. The van der Waals surface area contributed by atoms with Crippen molar-refractivity contribution in [3.8, 4) is 0 Å². The summed E-state index contributed by atoms with van der Waals surface area (Å²) < 4.78 is 4.83. The van der Waals surface area contributed by atoms with E-state index >= 15 is 0 Å². The van der Waals surface area contributed by atoms with Gasteiger partial charge in [-0.2, -0.15) is 0 Å². The van der Waals surface area contributed by atoms with Crippen molar-refractivity contribution in [2.75, 3.05) is 30.5 Å². The summed E-state index contributed by atoms with van der Waals surface area (Å²) in [6, 6.07) is 1.67. The van der Waals surface area contributed by atoms with Gasteiger partial charge in [-0.15, -0.1) is 0 Å². The number of nitrogens with zero attached hydrogens (tertiary/aromatic N) is 2. The molecule has 0 atom stereocenters. The third-order valence-corrected chi connectivity index (χ3v) is 2.62. The maximum Gasteiger partial charge on any atom is 0.305 e. The van der Waals surface area contributed by atoms with E-state index in [1.807, 2.05) is 6.26 Å². The van der Waals surface area contributed by atoms with Gasteiger partial charge in [0.1, 0.15) is 11.6 Å². The Hall–Kier alpha value is -1.50. The number of esters is 1. The van der Waals surface area contributed by atoms with E-state index in [0.717, 1.165) is 0 Å². The number of hydrogen-bond donors (Lipinski definition) is 2. The van der Waals surface area contributed by atoms with Crippen LogP contribution < -0.4 is 11.1 Å². The van der Waals surface area contributed by atoms with Gasteiger partial charge in [0.2, 0.25) is 0 Å². The molecule has 0 unspecified atom stereocenters. The lowest BCUT2D eigenvalue weighted by Crippen LogP contribution is -2.09. The van der Waals surface area contributed by atoms with Crippen LogP contribution in [-0.4, -0.2) is 35.3 Å². The van der Waals surface area contributed by atoms with Gasteiger partial charge in [-0.05, 0) is 19.6 Å². The van der Waals surface area contributed by atoms with Crippen LogP contribution >= 0.6 is 11.8 Å². The number of anilines is 2. The minimum absolute atomic E-state index is 0.175. The molecule has 0 amide bonds. The summed E-state index contributed by atoms with van der Waals surface area (Å²) in [6.07, 6.45) is 2.98. The molecule has 0 spiro atoms. The molecule has 0 saturated heterocycles.